The first-order valence-electron chi connectivity index (χ1n) is 8.85. The molecule has 0 atom stereocenters. The number of hydrogen-bond acceptors (Lipinski definition) is 4. The number of amides is 1. The highest BCUT2D eigenvalue weighted by molar-refractivity contribution is 6.07. The Bertz CT molecular complexity index is 911. The predicted octanol–water partition coefficient (Wildman–Crippen LogP) is 5.06. The molecule has 5 heteroatoms. The van der Waals surface area contributed by atoms with Crippen molar-refractivity contribution in [2.75, 3.05) is 17.7 Å². The number of aryl methyl sites for hydroxylation is 1. The van der Waals surface area contributed by atoms with Crippen molar-refractivity contribution in [3.8, 4) is 0 Å². The number of benzene rings is 2. The molecule has 0 heterocycles. The molecule has 0 fully saturated rings. The molecule has 1 amide bonds. The van der Waals surface area contributed by atoms with Gasteiger partial charge >= 0.3 is 0 Å². The van der Waals surface area contributed by atoms with Gasteiger partial charge in [0.15, 0.2) is 0 Å². The fourth-order valence-corrected chi connectivity index (χ4v) is 2.58. The second kappa shape index (κ2) is 9.92. The van der Waals surface area contributed by atoms with Crippen molar-refractivity contribution in [1.29, 1.82) is 5.41 Å². The molecule has 2 aromatic carbocycles. The van der Waals surface area contributed by atoms with Gasteiger partial charge < -0.3 is 20.8 Å². The van der Waals surface area contributed by atoms with Crippen LogP contribution in [0.2, 0.25) is 0 Å². The number of nitrogens with one attached hydrogen (secondary N) is 3. The normalized spacial score (nSPS) is 11.9. The van der Waals surface area contributed by atoms with Crippen molar-refractivity contribution in [1.82, 2.24) is 0 Å². The maximum atomic E-state index is 12.6. The Balaban J connectivity index is 2.29. The van der Waals surface area contributed by atoms with E-state index in [0.717, 1.165) is 17.5 Å². The average molecular weight is 375 g/mol. The minimum atomic E-state index is -0.393. The van der Waals surface area contributed by atoms with Crippen molar-refractivity contribution >= 4 is 23.5 Å². The fraction of sp³-hybridized carbons (Fsp3) is 0.130. The Labute approximate surface area is 165 Å². The Kier molecular flexibility index (Phi) is 7.34. The van der Waals surface area contributed by atoms with Crippen molar-refractivity contribution in [3.63, 3.8) is 0 Å². The first-order chi connectivity index (χ1) is 13.5. The number of hydrogen-bond donors (Lipinski definition) is 3. The zero-order valence-corrected chi connectivity index (χ0v) is 16.4. The van der Waals surface area contributed by atoms with Gasteiger partial charge in [0.2, 0.25) is 0 Å². The molecule has 144 valence electrons. The van der Waals surface area contributed by atoms with Crippen LogP contribution < -0.4 is 10.6 Å². The van der Waals surface area contributed by atoms with E-state index in [4.69, 9.17) is 10.1 Å². The summed E-state index contributed by atoms with van der Waals surface area (Å²) in [5.74, 6) is -0.161. The summed E-state index contributed by atoms with van der Waals surface area (Å²) in [6, 6.07) is 17.0. The number of para-hydroxylation sites is 1. The minimum Gasteiger partial charge on any atom is -0.495 e. The number of ether oxygens (including phenoxy) is 1. The molecule has 2 aromatic rings. The number of methoxy groups -OCH3 is 1. The van der Waals surface area contributed by atoms with E-state index in [0.29, 0.717) is 17.0 Å². The SMILES string of the molecule is C=C(C(=O)Nc1ccc(C)cc1)/C(OC)=C(C=N)\C(=C/C)Nc1ccccc1. The fourth-order valence-electron chi connectivity index (χ4n) is 2.58. The zero-order chi connectivity index (χ0) is 20.5. The Morgan fingerprint density at radius 3 is 2.18 bits per heavy atom. The van der Waals surface area contributed by atoms with Crippen LogP contribution in [0.4, 0.5) is 11.4 Å². The van der Waals surface area contributed by atoms with Crippen LogP contribution in [0.1, 0.15) is 12.5 Å². The Morgan fingerprint density at radius 1 is 1.04 bits per heavy atom. The molecule has 0 bridgehead atoms. The monoisotopic (exact) mass is 375 g/mol. The van der Waals surface area contributed by atoms with E-state index < -0.39 is 5.91 Å². The van der Waals surface area contributed by atoms with Crippen LogP contribution in [0.15, 0.2) is 89.9 Å². The molecule has 0 aromatic heterocycles. The van der Waals surface area contributed by atoms with Crippen LogP contribution >= 0.6 is 0 Å². The quantitative estimate of drug-likeness (QED) is 0.261. The molecule has 0 aliphatic heterocycles. The lowest BCUT2D eigenvalue weighted by molar-refractivity contribution is -0.112. The number of carbonyl (C=O) groups is 1. The van der Waals surface area contributed by atoms with Crippen LogP contribution in [0.3, 0.4) is 0 Å². The number of allylic oxidation sites excluding steroid dienone is 2. The lowest BCUT2D eigenvalue weighted by Gasteiger charge is -2.17. The van der Waals surface area contributed by atoms with E-state index in [2.05, 4.69) is 17.2 Å². The third kappa shape index (κ3) is 5.20. The van der Waals surface area contributed by atoms with E-state index in [1.807, 2.05) is 74.5 Å². The standard InChI is InChI=1S/C23H25N3O2/c1-5-21(25-18-9-7-6-8-10-18)20(15-24)22(28-4)17(3)23(27)26-19-13-11-16(2)12-14-19/h5-15,24-25H,3H2,1-2,4H3,(H,26,27)/b21-5+,22-20+,24-15?. The van der Waals surface area contributed by atoms with Crippen LogP contribution in [0.5, 0.6) is 0 Å². The third-order valence-electron chi connectivity index (χ3n) is 4.08. The topological polar surface area (TPSA) is 74.2 Å². The molecular weight excluding hydrogens is 350 g/mol. The molecule has 0 unspecified atom stereocenters. The summed E-state index contributed by atoms with van der Waals surface area (Å²) < 4.78 is 5.45. The molecule has 3 N–H and O–H groups in total. The van der Waals surface area contributed by atoms with Gasteiger partial charge in [-0.1, -0.05) is 48.6 Å². The highest BCUT2D eigenvalue weighted by Gasteiger charge is 2.19. The minimum absolute atomic E-state index is 0.135. The first-order valence-corrected chi connectivity index (χ1v) is 8.85. The smallest absolute Gasteiger partial charge is 0.258 e. The summed E-state index contributed by atoms with van der Waals surface area (Å²) in [5, 5.41) is 13.9. The van der Waals surface area contributed by atoms with Crippen LogP contribution in [0.25, 0.3) is 0 Å². The molecule has 28 heavy (non-hydrogen) atoms. The number of rotatable bonds is 8. The van der Waals surface area contributed by atoms with Crippen molar-refractivity contribution in [2.45, 2.75) is 13.8 Å². The Hall–Kier alpha value is -3.60. The van der Waals surface area contributed by atoms with Gasteiger partial charge in [-0.2, -0.15) is 0 Å². The second-order valence-corrected chi connectivity index (χ2v) is 6.08. The van der Waals surface area contributed by atoms with Gasteiger partial charge in [0.05, 0.1) is 18.3 Å². The van der Waals surface area contributed by atoms with Gasteiger partial charge in [-0.3, -0.25) is 4.79 Å². The molecule has 5 nitrogen and oxygen atoms in total. The van der Waals surface area contributed by atoms with Crippen molar-refractivity contribution in [3.05, 3.63) is 95.4 Å². The summed E-state index contributed by atoms with van der Waals surface area (Å²) in [5.41, 5.74) is 3.83. The van der Waals surface area contributed by atoms with Crippen molar-refractivity contribution in [2.24, 2.45) is 0 Å². The summed E-state index contributed by atoms with van der Waals surface area (Å²) in [4.78, 5) is 12.6. The van der Waals surface area contributed by atoms with Gasteiger partial charge in [-0.15, -0.1) is 0 Å². The lowest BCUT2D eigenvalue weighted by atomic mass is 10.1. The number of anilines is 2. The molecule has 0 radical (unpaired) electrons. The van der Waals surface area contributed by atoms with Crippen molar-refractivity contribution < 1.29 is 9.53 Å². The summed E-state index contributed by atoms with van der Waals surface area (Å²) in [6.07, 6.45) is 2.96. The van der Waals surface area contributed by atoms with Gasteiger partial charge in [-0.05, 0) is 38.1 Å². The van der Waals surface area contributed by atoms with Gasteiger partial charge in [0.1, 0.15) is 5.76 Å². The molecule has 0 saturated heterocycles. The summed E-state index contributed by atoms with van der Waals surface area (Å²) in [7, 11) is 1.46. The van der Waals surface area contributed by atoms with E-state index >= 15 is 0 Å². The summed E-state index contributed by atoms with van der Waals surface area (Å²) in [6.45, 7) is 7.70. The van der Waals surface area contributed by atoms with Gasteiger partial charge in [0.25, 0.3) is 5.91 Å². The van der Waals surface area contributed by atoms with E-state index in [1.165, 1.54) is 7.11 Å². The summed E-state index contributed by atoms with van der Waals surface area (Å²) >= 11 is 0. The molecular formula is C23H25N3O2. The number of carbonyl (C=O) groups excluding carboxylic acids is 1. The lowest BCUT2D eigenvalue weighted by Crippen LogP contribution is -2.18. The Morgan fingerprint density at radius 2 is 1.64 bits per heavy atom. The first kappa shape index (κ1) is 20.7. The highest BCUT2D eigenvalue weighted by atomic mass is 16.5. The third-order valence-corrected chi connectivity index (χ3v) is 4.08. The van der Waals surface area contributed by atoms with Crippen LogP contribution in [-0.4, -0.2) is 19.2 Å². The zero-order valence-electron chi connectivity index (χ0n) is 16.4. The van der Waals surface area contributed by atoms with E-state index in [1.54, 1.807) is 0 Å². The molecule has 0 aliphatic carbocycles. The maximum absolute atomic E-state index is 12.6. The molecule has 0 saturated carbocycles. The maximum Gasteiger partial charge on any atom is 0.258 e. The molecule has 2 rings (SSSR count). The second-order valence-electron chi connectivity index (χ2n) is 6.08. The van der Waals surface area contributed by atoms with Crippen LogP contribution in [0, 0.1) is 12.3 Å². The average Bonchev–Trinajstić information content (AvgIpc) is 2.72. The molecule has 0 spiro atoms. The van der Waals surface area contributed by atoms with E-state index in [9.17, 15) is 4.79 Å². The highest BCUT2D eigenvalue weighted by Crippen LogP contribution is 2.23. The van der Waals surface area contributed by atoms with Crippen LogP contribution in [-0.2, 0) is 9.53 Å². The predicted molar refractivity (Wildman–Crippen MR) is 116 cm³/mol. The van der Waals surface area contributed by atoms with Gasteiger partial charge in [-0.25, -0.2) is 0 Å². The van der Waals surface area contributed by atoms with Gasteiger partial charge in [0, 0.05) is 23.3 Å². The van der Waals surface area contributed by atoms with E-state index in [-0.39, 0.29) is 11.3 Å². The largest absolute Gasteiger partial charge is 0.495 e. The molecule has 0 aliphatic rings.